The summed E-state index contributed by atoms with van der Waals surface area (Å²) in [7, 11) is 3.38. The number of halogens is 1. The topological polar surface area (TPSA) is 18.5 Å². The zero-order chi connectivity index (χ0) is 12.1. The molecule has 0 N–H and O–H groups in total. The van der Waals surface area contributed by atoms with Crippen LogP contribution in [0.1, 0.15) is 0 Å². The SMILES string of the molecule is COc1ccc([I-]c2ccc(OC)cc2)cc1. The van der Waals surface area contributed by atoms with E-state index < -0.39 is 0 Å². The van der Waals surface area contributed by atoms with E-state index in [4.69, 9.17) is 9.47 Å². The van der Waals surface area contributed by atoms with Crippen LogP contribution < -0.4 is 30.7 Å². The average Bonchev–Trinajstić information content (AvgIpc) is 2.40. The molecule has 2 nitrogen and oxygen atoms in total. The molecule has 0 aromatic heterocycles. The Morgan fingerprint density at radius 2 is 1.00 bits per heavy atom. The molecule has 0 aliphatic heterocycles. The quantitative estimate of drug-likeness (QED) is 0.720. The maximum absolute atomic E-state index is 5.15. The second-order valence-corrected chi connectivity index (χ2v) is 6.44. The summed E-state index contributed by atoms with van der Waals surface area (Å²) in [6, 6.07) is 16.6. The molecule has 2 aromatic rings. The van der Waals surface area contributed by atoms with E-state index in [9.17, 15) is 0 Å². The third-order valence-electron chi connectivity index (χ3n) is 2.32. The number of benzene rings is 2. The van der Waals surface area contributed by atoms with Crippen LogP contribution in [0.15, 0.2) is 48.5 Å². The Hall–Kier alpha value is -1.23. The second kappa shape index (κ2) is 5.91. The van der Waals surface area contributed by atoms with E-state index in [-0.39, 0.29) is 21.2 Å². The molecule has 0 aliphatic rings. The molecule has 3 heteroatoms. The molecule has 2 rings (SSSR count). The van der Waals surface area contributed by atoms with E-state index >= 15 is 0 Å². The van der Waals surface area contributed by atoms with Crippen molar-refractivity contribution in [2.75, 3.05) is 14.2 Å². The Balaban J connectivity index is 2.08. The Kier molecular flexibility index (Phi) is 4.25. The fourth-order valence-corrected chi connectivity index (χ4v) is 3.55. The van der Waals surface area contributed by atoms with E-state index in [1.807, 2.05) is 24.3 Å². The molecule has 0 amide bonds. The fourth-order valence-electron chi connectivity index (χ4n) is 1.39. The molecule has 0 heterocycles. The first-order valence-corrected chi connectivity index (χ1v) is 7.40. The van der Waals surface area contributed by atoms with Crippen LogP contribution in [-0.2, 0) is 0 Å². The summed E-state index contributed by atoms with van der Waals surface area (Å²) in [5.41, 5.74) is 0. The van der Waals surface area contributed by atoms with Gasteiger partial charge in [-0.1, -0.05) is 0 Å². The summed E-state index contributed by atoms with van der Waals surface area (Å²) in [5, 5.41) is 0. The van der Waals surface area contributed by atoms with Crippen LogP contribution in [0.5, 0.6) is 11.5 Å². The molecule has 17 heavy (non-hydrogen) atoms. The van der Waals surface area contributed by atoms with Gasteiger partial charge in [-0.3, -0.25) is 0 Å². The molecule has 0 fully saturated rings. The zero-order valence-electron chi connectivity index (χ0n) is 9.81. The summed E-state index contributed by atoms with van der Waals surface area (Å²) >= 11 is -0.119. The number of hydrogen-bond donors (Lipinski definition) is 0. The van der Waals surface area contributed by atoms with Gasteiger partial charge in [0.05, 0.1) is 0 Å². The summed E-state index contributed by atoms with van der Waals surface area (Å²) in [6.07, 6.45) is 0. The molecule has 90 valence electrons. The molecule has 0 spiro atoms. The fraction of sp³-hybridized carbons (Fsp3) is 0.143. The van der Waals surface area contributed by atoms with Gasteiger partial charge >= 0.3 is 112 Å². The van der Waals surface area contributed by atoms with Crippen molar-refractivity contribution in [1.29, 1.82) is 0 Å². The first kappa shape index (κ1) is 12.2. The predicted octanol–water partition coefficient (Wildman–Crippen LogP) is -0.168. The van der Waals surface area contributed by atoms with E-state index in [2.05, 4.69) is 24.3 Å². The van der Waals surface area contributed by atoms with Crippen LogP contribution in [0.4, 0.5) is 0 Å². The normalized spacial score (nSPS) is 10.2. The first-order valence-electron chi connectivity index (χ1n) is 5.25. The van der Waals surface area contributed by atoms with Crippen molar-refractivity contribution in [1.82, 2.24) is 0 Å². The van der Waals surface area contributed by atoms with Crippen molar-refractivity contribution in [3.8, 4) is 11.5 Å². The summed E-state index contributed by atoms with van der Waals surface area (Å²) in [5.74, 6) is 1.82. The first-order chi connectivity index (χ1) is 8.31. The van der Waals surface area contributed by atoms with Crippen molar-refractivity contribution in [3.05, 3.63) is 55.7 Å². The van der Waals surface area contributed by atoms with Gasteiger partial charge in [0.15, 0.2) is 0 Å². The molecule has 0 atom stereocenters. The van der Waals surface area contributed by atoms with Crippen molar-refractivity contribution in [2.45, 2.75) is 0 Å². The number of methoxy groups -OCH3 is 2. The van der Waals surface area contributed by atoms with Crippen LogP contribution in [0.2, 0.25) is 0 Å². The summed E-state index contributed by atoms with van der Waals surface area (Å²) in [6.45, 7) is 0. The van der Waals surface area contributed by atoms with Gasteiger partial charge in [0, 0.05) is 0 Å². The Morgan fingerprint density at radius 3 is 1.29 bits per heavy atom. The van der Waals surface area contributed by atoms with E-state index in [0.717, 1.165) is 11.5 Å². The molecule has 0 bridgehead atoms. The minimum absolute atomic E-state index is 0.119. The predicted molar refractivity (Wildman–Crippen MR) is 63.4 cm³/mol. The van der Waals surface area contributed by atoms with Crippen LogP contribution in [-0.4, -0.2) is 14.2 Å². The summed E-state index contributed by atoms with van der Waals surface area (Å²) < 4.78 is 13.1. The average molecular weight is 341 g/mol. The van der Waals surface area contributed by atoms with E-state index in [1.165, 1.54) is 7.14 Å². The maximum atomic E-state index is 5.15. The number of ether oxygens (including phenoxy) is 2. The molecule has 0 unspecified atom stereocenters. The standard InChI is InChI=1S/C14H14IO2/c1-16-13-7-3-11(4-8-13)15-12-5-9-14(17-2)10-6-12/h3-10H,1-2H3/q-1. The molecule has 0 aliphatic carbocycles. The van der Waals surface area contributed by atoms with Crippen molar-refractivity contribution >= 4 is 0 Å². The van der Waals surface area contributed by atoms with Gasteiger partial charge in [0.25, 0.3) is 0 Å². The van der Waals surface area contributed by atoms with E-state index in [0.29, 0.717) is 0 Å². The summed E-state index contributed by atoms with van der Waals surface area (Å²) in [4.78, 5) is 0. The number of hydrogen-bond acceptors (Lipinski definition) is 2. The van der Waals surface area contributed by atoms with Crippen molar-refractivity contribution in [3.63, 3.8) is 0 Å². The van der Waals surface area contributed by atoms with Gasteiger partial charge in [-0.05, 0) is 0 Å². The third kappa shape index (κ3) is 3.36. The van der Waals surface area contributed by atoms with Gasteiger partial charge in [-0.15, -0.1) is 0 Å². The van der Waals surface area contributed by atoms with E-state index in [1.54, 1.807) is 14.2 Å². The Labute approximate surface area is 112 Å². The molecular formula is C14H14IO2-. The molecule has 0 saturated carbocycles. The molecule has 2 aromatic carbocycles. The van der Waals surface area contributed by atoms with Crippen LogP contribution in [0, 0.1) is 7.14 Å². The number of rotatable bonds is 4. The molecule has 0 radical (unpaired) electrons. The van der Waals surface area contributed by atoms with Crippen LogP contribution in [0.25, 0.3) is 0 Å². The molecular weight excluding hydrogens is 327 g/mol. The minimum atomic E-state index is -0.119. The van der Waals surface area contributed by atoms with Gasteiger partial charge < -0.3 is 0 Å². The van der Waals surface area contributed by atoms with Crippen molar-refractivity contribution < 1.29 is 30.7 Å². The van der Waals surface area contributed by atoms with Gasteiger partial charge in [0.2, 0.25) is 0 Å². The van der Waals surface area contributed by atoms with Crippen LogP contribution >= 0.6 is 0 Å². The van der Waals surface area contributed by atoms with Gasteiger partial charge in [0.1, 0.15) is 0 Å². The zero-order valence-corrected chi connectivity index (χ0v) is 12.0. The third-order valence-corrected chi connectivity index (χ3v) is 5.00. The van der Waals surface area contributed by atoms with Crippen molar-refractivity contribution in [2.24, 2.45) is 0 Å². The Bertz CT molecular complexity index is 417. The van der Waals surface area contributed by atoms with Crippen LogP contribution in [0.3, 0.4) is 0 Å². The Morgan fingerprint density at radius 1 is 0.647 bits per heavy atom. The monoisotopic (exact) mass is 341 g/mol. The second-order valence-electron chi connectivity index (χ2n) is 3.41. The molecule has 0 saturated heterocycles. The van der Waals surface area contributed by atoms with Gasteiger partial charge in [-0.25, -0.2) is 0 Å². The van der Waals surface area contributed by atoms with Gasteiger partial charge in [-0.2, -0.15) is 0 Å².